The summed E-state index contributed by atoms with van der Waals surface area (Å²) in [6, 6.07) is 6.81. The van der Waals surface area contributed by atoms with E-state index >= 15 is 0 Å². The summed E-state index contributed by atoms with van der Waals surface area (Å²) in [5.74, 6) is 1.59. The second-order valence-corrected chi connectivity index (χ2v) is 12.3. The number of para-hydroxylation sites is 1. The van der Waals surface area contributed by atoms with Gasteiger partial charge in [0, 0.05) is 24.2 Å². The number of hydrogen-bond acceptors (Lipinski definition) is 6. The topological polar surface area (TPSA) is 108 Å². The Kier molecular flexibility index (Phi) is 8.64. The van der Waals surface area contributed by atoms with Crippen molar-refractivity contribution in [3.8, 4) is 5.75 Å². The second-order valence-electron chi connectivity index (χ2n) is 12.3. The number of aliphatic hydroxyl groups is 2. The summed E-state index contributed by atoms with van der Waals surface area (Å²) in [4.78, 5) is 28.8. The highest BCUT2D eigenvalue weighted by atomic mass is 16.5. The number of amides is 2. The van der Waals surface area contributed by atoms with Crippen LogP contribution in [0.25, 0.3) is 0 Å². The maximum atomic E-state index is 13.8. The molecule has 7 unspecified atom stereocenters. The lowest BCUT2D eigenvalue weighted by Gasteiger charge is -2.41. The minimum atomic E-state index is -1.00. The van der Waals surface area contributed by atoms with Gasteiger partial charge in [0.1, 0.15) is 24.6 Å². The molecule has 3 N–H and O–H groups in total. The van der Waals surface area contributed by atoms with Gasteiger partial charge in [0.25, 0.3) is 0 Å². The lowest BCUT2D eigenvalue weighted by atomic mass is 9.75. The number of nitrogens with one attached hydrogen (secondary N) is 1. The molecule has 4 aliphatic rings. The molecule has 0 bridgehead atoms. The van der Waals surface area contributed by atoms with E-state index in [4.69, 9.17) is 9.47 Å². The Morgan fingerprint density at radius 2 is 1.95 bits per heavy atom. The van der Waals surface area contributed by atoms with Crippen LogP contribution in [-0.2, 0) is 14.3 Å². The molecule has 7 atom stereocenters. The number of carbonyl (C=O) groups excluding carboxylic acids is 2. The summed E-state index contributed by atoms with van der Waals surface area (Å²) < 4.78 is 12.5. The Morgan fingerprint density at radius 1 is 1.18 bits per heavy atom. The van der Waals surface area contributed by atoms with Crippen molar-refractivity contribution in [3.05, 3.63) is 41.5 Å². The molecule has 8 heteroatoms. The van der Waals surface area contributed by atoms with Crippen LogP contribution in [0.3, 0.4) is 0 Å². The largest absolute Gasteiger partial charge is 0.486 e. The van der Waals surface area contributed by atoms with Crippen molar-refractivity contribution in [2.75, 3.05) is 26.3 Å². The summed E-state index contributed by atoms with van der Waals surface area (Å²) in [5, 5.41) is 23.7. The van der Waals surface area contributed by atoms with Crippen molar-refractivity contribution in [2.45, 2.75) is 83.1 Å². The van der Waals surface area contributed by atoms with Crippen LogP contribution in [0, 0.1) is 23.7 Å². The SMILES string of the molecule is CC1CCC(C(C)C)C(OCC(=O)N(CC2CC2)C2C=C(C(=O)NCCO)C3c4ccccc4OC3C2O)C1. The highest BCUT2D eigenvalue weighted by Crippen LogP contribution is 2.47. The molecular formula is C31H44N2O6. The van der Waals surface area contributed by atoms with Crippen molar-refractivity contribution < 1.29 is 29.3 Å². The molecular weight excluding hydrogens is 496 g/mol. The molecule has 0 spiro atoms. The zero-order valence-corrected chi connectivity index (χ0v) is 23.4. The molecule has 8 nitrogen and oxygen atoms in total. The Bertz CT molecular complexity index is 1070. The van der Waals surface area contributed by atoms with Crippen molar-refractivity contribution in [2.24, 2.45) is 23.7 Å². The predicted octanol–water partition coefficient (Wildman–Crippen LogP) is 3.03. The summed E-state index contributed by atoms with van der Waals surface area (Å²) in [7, 11) is 0. The molecule has 39 heavy (non-hydrogen) atoms. The first-order valence-corrected chi connectivity index (χ1v) is 14.7. The number of hydrogen-bond donors (Lipinski definition) is 3. The average Bonchev–Trinajstić information content (AvgIpc) is 3.66. The molecule has 0 radical (unpaired) electrons. The van der Waals surface area contributed by atoms with Gasteiger partial charge in [-0.3, -0.25) is 9.59 Å². The zero-order chi connectivity index (χ0) is 27.7. The van der Waals surface area contributed by atoms with E-state index in [0.717, 1.165) is 31.2 Å². The van der Waals surface area contributed by atoms with Crippen molar-refractivity contribution >= 4 is 11.8 Å². The molecule has 1 aromatic carbocycles. The van der Waals surface area contributed by atoms with Crippen LogP contribution in [0.4, 0.5) is 0 Å². The number of nitrogens with zero attached hydrogens (tertiary/aromatic N) is 1. The molecule has 2 amide bonds. The quantitative estimate of drug-likeness (QED) is 0.421. The van der Waals surface area contributed by atoms with Crippen LogP contribution >= 0.6 is 0 Å². The first-order valence-electron chi connectivity index (χ1n) is 14.7. The summed E-state index contributed by atoms with van der Waals surface area (Å²) in [6.07, 6.45) is 5.46. The molecule has 1 aromatic rings. The molecule has 0 aromatic heterocycles. The van der Waals surface area contributed by atoms with Gasteiger partial charge in [-0.1, -0.05) is 45.4 Å². The molecule has 3 aliphatic carbocycles. The second kappa shape index (κ2) is 12.0. The fraction of sp³-hybridized carbons (Fsp3) is 0.677. The van der Waals surface area contributed by atoms with Crippen molar-refractivity contribution in [1.82, 2.24) is 10.2 Å². The lowest BCUT2D eigenvalue weighted by molar-refractivity contribution is -0.147. The van der Waals surface area contributed by atoms with Crippen molar-refractivity contribution in [1.29, 1.82) is 0 Å². The van der Waals surface area contributed by atoms with Crippen LogP contribution < -0.4 is 10.1 Å². The third-order valence-corrected chi connectivity index (χ3v) is 9.09. The molecule has 1 aliphatic heterocycles. The van der Waals surface area contributed by atoms with Crippen LogP contribution in [-0.4, -0.2) is 77.6 Å². The van der Waals surface area contributed by atoms with E-state index in [9.17, 15) is 19.8 Å². The minimum absolute atomic E-state index is 0.0361. The minimum Gasteiger partial charge on any atom is -0.486 e. The summed E-state index contributed by atoms with van der Waals surface area (Å²) in [5.41, 5.74) is 1.31. The van der Waals surface area contributed by atoms with Gasteiger partial charge in [-0.25, -0.2) is 0 Å². The molecule has 2 saturated carbocycles. The van der Waals surface area contributed by atoms with E-state index in [2.05, 4.69) is 26.1 Å². The van der Waals surface area contributed by atoms with E-state index < -0.39 is 24.2 Å². The Morgan fingerprint density at radius 3 is 2.67 bits per heavy atom. The average molecular weight is 541 g/mol. The maximum Gasteiger partial charge on any atom is 0.249 e. The standard InChI is InChI=1S/C31H44N2O6/c1-18(2)21-11-8-19(3)14-26(21)38-17-27(35)33(16-20-9-10-20)24-15-23(31(37)32-12-13-34)28-22-6-4-5-7-25(22)39-30(28)29(24)36/h4-7,15,18-21,24,26,28-30,34,36H,8-14,16-17H2,1-3H3,(H,32,37). The van der Waals surface area contributed by atoms with Gasteiger partial charge in [-0.05, 0) is 61.5 Å². The molecule has 2 fully saturated rings. The van der Waals surface area contributed by atoms with Crippen LogP contribution in [0.15, 0.2) is 35.9 Å². The highest BCUT2D eigenvalue weighted by molar-refractivity contribution is 5.96. The first-order chi connectivity index (χ1) is 18.8. The van der Waals surface area contributed by atoms with Gasteiger partial charge in [0.2, 0.25) is 11.8 Å². The number of aliphatic hydroxyl groups excluding tert-OH is 2. The predicted molar refractivity (Wildman–Crippen MR) is 147 cm³/mol. The molecule has 214 valence electrons. The lowest BCUT2D eigenvalue weighted by Crippen LogP contribution is -2.57. The number of rotatable bonds is 10. The Hall–Kier alpha value is -2.42. The van der Waals surface area contributed by atoms with Crippen LogP contribution in [0.5, 0.6) is 5.75 Å². The fourth-order valence-electron chi connectivity index (χ4n) is 6.73. The van der Waals surface area contributed by atoms with Gasteiger partial charge in [0.15, 0.2) is 0 Å². The molecule has 0 saturated heterocycles. The Balaban J connectivity index is 1.40. The van der Waals surface area contributed by atoms with E-state index in [1.165, 1.54) is 6.42 Å². The van der Waals surface area contributed by atoms with E-state index in [1.54, 1.807) is 11.0 Å². The van der Waals surface area contributed by atoms with Gasteiger partial charge < -0.3 is 29.9 Å². The van der Waals surface area contributed by atoms with Crippen LogP contribution in [0.1, 0.15) is 64.4 Å². The maximum absolute atomic E-state index is 13.8. The summed E-state index contributed by atoms with van der Waals surface area (Å²) >= 11 is 0. The third kappa shape index (κ3) is 6.03. The highest BCUT2D eigenvalue weighted by Gasteiger charge is 2.51. The summed E-state index contributed by atoms with van der Waals surface area (Å²) in [6.45, 7) is 7.13. The number of benzene rings is 1. The van der Waals surface area contributed by atoms with Crippen LogP contribution in [0.2, 0.25) is 0 Å². The molecule has 5 rings (SSSR count). The number of fused-ring (bicyclic) bond motifs is 3. The van der Waals surface area contributed by atoms with E-state index in [1.807, 2.05) is 24.3 Å². The van der Waals surface area contributed by atoms with Crippen molar-refractivity contribution in [3.63, 3.8) is 0 Å². The smallest absolute Gasteiger partial charge is 0.249 e. The number of ether oxygens (including phenoxy) is 2. The van der Waals surface area contributed by atoms with Gasteiger partial charge in [-0.2, -0.15) is 0 Å². The molecule has 1 heterocycles. The number of carbonyl (C=O) groups is 2. The zero-order valence-electron chi connectivity index (χ0n) is 23.4. The van der Waals surface area contributed by atoms with Gasteiger partial charge >= 0.3 is 0 Å². The fourth-order valence-corrected chi connectivity index (χ4v) is 6.73. The van der Waals surface area contributed by atoms with E-state index in [0.29, 0.717) is 41.5 Å². The normalized spacial score (nSPS) is 31.6. The van der Waals surface area contributed by atoms with Gasteiger partial charge in [-0.15, -0.1) is 0 Å². The first kappa shape index (κ1) is 28.1. The van der Waals surface area contributed by atoms with Gasteiger partial charge in [0.05, 0.1) is 24.7 Å². The Labute approximate surface area is 231 Å². The monoisotopic (exact) mass is 540 g/mol. The van der Waals surface area contributed by atoms with E-state index in [-0.39, 0.29) is 37.7 Å². The third-order valence-electron chi connectivity index (χ3n) is 9.09.